The quantitative estimate of drug-likeness (QED) is 0.796. The van der Waals surface area contributed by atoms with Crippen LogP contribution >= 0.6 is 0 Å². The van der Waals surface area contributed by atoms with E-state index in [1.807, 2.05) is 18.2 Å². The fraction of sp³-hybridized carbons (Fsp3) is 0.500. The number of carbonyl (C=O) groups is 2. The van der Waals surface area contributed by atoms with Crippen LogP contribution in [0.3, 0.4) is 0 Å². The van der Waals surface area contributed by atoms with Gasteiger partial charge in [-0.1, -0.05) is 12.1 Å². The van der Waals surface area contributed by atoms with Crippen LogP contribution in [0.4, 0.5) is 0 Å². The van der Waals surface area contributed by atoms with Gasteiger partial charge in [0, 0.05) is 19.2 Å². The molecule has 0 unspecified atom stereocenters. The van der Waals surface area contributed by atoms with Crippen LogP contribution in [-0.2, 0) is 20.9 Å². The van der Waals surface area contributed by atoms with Crippen LogP contribution in [0.1, 0.15) is 35.2 Å². The van der Waals surface area contributed by atoms with Gasteiger partial charge in [-0.25, -0.2) is 4.79 Å². The zero-order valence-electron chi connectivity index (χ0n) is 12.5. The Morgan fingerprint density at radius 1 is 1.29 bits per heavy atom. The molecule has 1 aliphatic heterocycles. The number of hydrogen-bond acceptors (Lipinski definition) is 4. The Balaban J connectivity index is 2.20. The second-order valence-electron chi connectivity index (χ2n) is 5.17. The van der Waals surface area contributed by atoms with Gasteiger partial charge >= 0.3 is 5.97 Å². The normalized spacial score (nSPS) is 18.4. The lowest BCUT2D eigenvalue weighted by Gasteiger charge is -2.33. The van der Waals surface area contributed by atoms with Crippen molar-refractivity contribution in [3.63, 3.8) is 0 Å². The van der Waals surface area contributed by atoms with E-state index in [0.717, 1.165) is 18.4 Å². The maximum absolute atomic E-state index is 12.7. The summed E-state index contributed by atoms with van der Waals surface area (Å²) >= 11 is 0. The topological polar surface area (TPSA) is 55.8 Å². The number of amides is 1. The van der Waals surface area contributed by atoms with Gasteiger partial charge in [-0.3, -0.25) is 4.79 Å². The molecule has 1 aromatic carbocycles. The highest BCUT2D eigenvalue weighted by molar-refractivity contribution is 5.97. The molecule has 1 aromatic rings. The second-order valence-corrected chi connectivity index (χ2v) is 5.17. The number of hydrogen-bond donors (Lipinski definition) is 0. The number of methoxy groups -OCH3 is 2. The first kappa shape index (κ1) is 15.5. The summed E-state index contributed by atoms with van der Waals surface area (Å²) in [7, 11) is 2.98. The number of nitrogens with zero attached hydrogens (tertiary/aromatic N) is 1. The molecule has 1 heterocycles. The van der Waals surface area contributed by atoms with Gasteiger partial charge < -0.3 is 14.4 Å². The molecule has 0 aliphatic carbocycles. The Morgan fingerprint density at radius 2 is 2.10 bits per heavy atom. The lowest BCUT2D eigenvalue weighted by atomic mass is 10.0. The smallest absolute Gasteiger partial charge is 0.328 e. The highest BCUT2D eigenvalue weighted by Crippen LogP contribution is 2.21. The van der Waals surface area contributed by atoms with Crippen LogP contribution in [-0.4, -0.2) is 43.6 Å². The first-order valence-corrected chi connectivity index (χ1v) is 7.14. The third-order valence-corrected chi connectivity index (χ3v) is 3.72. The lowest BCUT2D eigenvalue weighted by molar-refractivity contribution is -0.147. The SMILES string of the molecule is COCc1cccc(C(=O)N2CCCC[C@@H]2C(=O)OC)c1. The van der Waals surface area contributed by atoms with E-state index in [1.54, 1.807) is 18.1 Å². The van der Waals surface area contributed by atoms with Crippen LogP contribution in [0.5, 0.6) is 0 Å². The molecule has 1 saturated heterocycles. The van der Waals surface area contributed by atoms with Gasteiger partial charge in [-0.2, -0.15) is 0 Å². The van der Waals surface area contributed by atoms with Crippen molar-refractivity contribution in [1.29, 1.82) is 0 Å². The summed E-state index contributed by atoms with van der Waals surface area (Å²) in [5.41, 5.74) is 1.52. The summed E-state index contributed by atoms with van der Waals surface area (Å²) < 4.78 is 9.90. The Hall–Kier alpha value is -1.88. The first-order chi connectivity index (χ1) is 10.2. The summed E-state index contributed by atoms with van der Waals surface area (Å²) in [6, 6.07) is 6.86. The minimum Gasteiger partial charge on any atom is -0.467 e. The Kier molecular flexibility index (Phi) is 5.33. The van der Waals surface area contributed by atoms with Crippen molar-refractivity contribution in [2.24, 2.45) is 0 Å². The largest absolute Gasteiger partial charge is 0.467 e. The molecule has 0 bridgehead atoms. The van der Waals surface area contributed by atoms with Crippen molar-refractivity contribution in [3.05, 3.63) is 35.4 Å². The molecule has 114 valence electrons. The summed E-state index contributed by atoms with van der Waals surface area (Å²) in [6.07, 6.45) is 2.51. The van der Waals surface area contributed by atoms with Crippen LogP contribution in [0, 0.1) is 0 Å². The summed E-state index contributed by atoms with van der Waals surface area (Å²) in [5, 5.41) is 0. The molecule has 1 amide bonds. The van der Waals surface area contributed by atoms with Gasteiger partial charge in [-0.15, -0.1) is 0 Å². The Morgan fingerprint density at radius 3 is 2.81 bits per heavy atom. The minimum absolute atomic E-state index is 0.122. The van der Waals surface area contributed by atoms with Crippen molar-refractivity contribution in [3.8, 4) is 0 Å². The van der Waals surface area contributed by atoms with Gasteiger partial charge in [0.25, 0.3) is 5.91 Å². The molecular weight excluding hydrogens is 270 g/mol. The fourth-order valence-electron chi connectivity index (χ4n) is 2.68. The molecule has 2 rings (SSSR count). The van der Waals surface area contributed by atoms with Crippen molar-refractivity contribution in [2.45, 2.75) is 31.9 Å². The predicted octanol–water partition coefficient (Wildman–Crippen LogP) is 2.00. The summed E-state index contributed by atoms with van der Waals surface area (Å²) in [4.78, 5) is 26.1. The number of ether oxygens (including phenoxy) is 2. The molecule has 0 saturated carbocycles. The van der Waals surface area contributed by atoms with Crippen LogP contribution in [0.2, 0.25) is 0 Å². The average molecular weight is 291 g/mol. The molecule has 0 spiro atoms. The number of likely N-dealkylation sites (tertiary alicyclic amines) is 1. The predicted molar refractivity (Wildman–Crippen MR) is 77.8 cm³/mol. The van der Waals surface area contributed by atoms with Crippen molar-refractivity contribution < 1.29 is 19.1 Å². The van der Waals surface area contributed by atoms with E-state index in [2.05, 4.69) is 0 Å². The van der Waals surface area contributed by atoms with Crippen molar-refractivity contribution >= 4 is 11.9 Å². The number of benzene rings is 1. The van der Waals surface area contributed by atoms with E-state index in [4.69, 9.17) is 9.47 Å². The Labute approximate surface area is 124 Å². The molecule has 1 aliphatic rings. The van der Waals surface area contributed by atoms with E-state index >= 15 is 0 Å². The van der Waals surface area contributed by atoms with E-state index in [-0.39, 0.29) is 11.9 Å². The van der Waals surface area contributed by atoms with E-state index in [9.17, 15) is 9.59 Å². The highest BCUT2D eigenvalue weighted by atomic mass is 16.5. The zero-order chi connectivity index (χ0) is 15.2. The number of esters is 1. The molecule has 5 heteroatoms. The van der Waals surface area contributed by atoms with Crippen molar-refractivity contribution in [1.82, 2.24) is 4.90 Å². The van der Waals surface area contributed by atoms with Gasteiger partial charge in [0.15, 0.2) is 0 Å². The minimum atomic E-state index is -0.470. The Bertz CT molecular complexity index is 515. The van der Waals surface area contributed by atoms with Crippen LogP contribution in [0.25, 0.3) is 0 Å². The molecule has 1 atom stereocenters. The third kappa shape index (κ3) is 3.61. The highest BCUT2D eigenvalue weighted by Gasteiger charge is 2.33. The van der Waals surface area contributed by atoms with Crippen molar-refractivity contribution in [2.75, 3.05) is 20.8 Å². The average Bonchev–Trinajstić information content (AvgIpc) is 2.54. The third-order valence-electron chi connectivity index (χ3n) is 3.72. The van der Waals surface area contributed by atoms with Gasteiger partial charge in [0.2, 0.25) is 0 Å². The summed E-state index contributed by atoms with van der Waals surface area (Å²) in [5.74, 6) is -0.459. The molecule has 0 aromatic heterocycles. The van der Waals surface area contributed by atoms with E-state index in [0.29, 0.717) is 25.1 Å². The maximum atomic E-state index is 12.7. The molecule has 5 nitrogen and oxygen atoms in total. The number of piperidine rings is 1. The van der Waals surface area contributed by atoms with Gasteiger partial charge in [0.1, 0.15) is 6.04 Å². The summed E-state index contributed by atoms with van der Waals surface area (Å²) in [6.45, 7) is 1.05. The fourth-order valence-corrected chi connectivity index (χ4v) is 2.68. The monoisotopic (exact) mass is 291 g/mol. The van der Waals surface area contributed by atoms with Gasteiger partial charge in [0.05, 0.1) is 13.7 Å². The van der Waals surface area contributed by atoms with Crippen LogP contribution in [0.15, 0.2) is 24.3 Å². The maximum Gasteiger partial charge on any atom is 0.328 e. The zero-order valence-corrected chi connectivity index (χ0v) is 12.5. The standard InChI is InChI=1S/C16H21NO4/c1-20-11-12-6-5-7-13(10-12)15(18)17-9-4-3-8-14(17)16(19)21-2/h5-7,10,14H,3-4,8-9,11H2,1-2H3/t14-/m1/s1. The number of carbonyl (C=O) groups excluding carboxylic acids is 2. The number of rotatable bonds is 4. The molecule has 0 radical (unpaired) electrons. The van der Waals surface area contributed by atoms with Crippen LogP contribution < -0.4 is 0 Å². The first-order valence-electron chi connectivity index (χ1n) is 7.14. The van der Waals surface area contributed by atoms with Gasteiger partial charge in [-0.05, 0) is 37.0 Å². The molecular formula is C16H21NO4. The molecule has 21 heavy (non-hydrogen) atoms. The van der Waals surface area contributed by atoms with E-state index in [1.165, 1.54) is 7.11 Å². The second kappa shape index (κ2) is 7.22. The lowest BCUT2D eigenvalue weighted by Crippen LogP contribution is -2.48. The molecule has 1 fully saturated rings. The van der Waals surface area contributed by atoms with E-state index < -0.39 is 6.04 Å². The molecule has 0 N–H and O–H groups in total.